The van der Waals surface area contributed by atoms with E-state index in [-0.39, 0.29) is 11.8 Å². The molecule has 92 valence electrons. The van der Waals surface area contributed by atoms with Gasteiger partial charge >= 0.3 is 0 Å². The topological polar surface area (TPSA) is 41.1 Å². The summed E-state index contributed by atoms with van der Waals surface area (Å²) in [6, 6.07) is 6.48. The molecule has 1 aromatic carbocycles. The Morgan fingerprint density at radius 1 is 1.47 bits per heavy atom. The third kappa shape index (κ3) is 2.34. The van der Waals surface area contributed by atoms with Gasteiger partial charge in [0.1, 0.15) is 0 Å². The Labute approximate surface area is 103 Å². The van der Waals surface area contributed by atoms with E-state index in [4.69, 9.17) is 0 Å². The summed E-state index contributed by atoms with van der Waals surface area (Å²) in [4.78, 5) is 11.8. The van der Waals surface area contributed by atoms with Gasteiger partial charge in [-0.1, -0.05) is 32.0 Å². The zero-order valence-electron chi connectivity index (χ0n) is 10.7. The number of rotatable bonds is 2. The van der Waals surface area contributed by atoms with E-state index in [1.54, 1.807) is 7.05 Å². The summed E-state index contributed by atoms with van der Waals surface area (Å²) >= 11 is 0. The summed E-state index contributed by atoms with van der Waals surface area (Å²) in [5.41, 5.74) is 3.77. The molecule has 0 saturated heterocycles. The molecule has 0 bridgehead atoms. The summed E-state index contributed by atoms with van der Waals surface area (Å²) in [5.74, 6) is 0.571. The van der Waals surface area contributed by atoms with Crippen molar-refractivity contribution in [3.63, 3.8) is 0 Å². The summed E-state index contributed by atoms with van der Waals surface area (Å²) in [7, 11) is 1.69. The van der Waals surface area contributed by atoms with Crippen LogP contribution in [0.3, 0.4) is 0 Å². The number of fused-ring (bicyclic) bond motifs is 1. The molecule has 3 nitrogen and oxygen atoms in total. The average Bonchev–Trinajstić information content (AvgIpc) is 2.36. The first kappa shape index (κ1) is 12.1. The highest BCUT2D eigenvalue weighted by Crippen LogP contribution is 2.27. The zero-order chi connectivity index (χ0) is 12.4. The Balaban J connectivity index is 2.36. The Morgan fingerprint density at radius 2 is 2.24 bits per heavy atom. The number of hydrogen-bond donors (Lipinski definition) is 2. The largest absolute Gasteiger partial charge is 0.359 e. The van der Waals surface area contributed by atoms with Gasteiger partial charge in [-0.15, -0.1) is 0 Å². The first-order valence-electron chi connectivity index (χ1n) is 6.18. The van der Waals surface area contributed by atoms with Crippen molar-refractivity contribution in [3.8, 4) is 0 Å². The lowest BCUT2D eigenvalue weighted by molar-refractivity contribution is -0.122. The second-order valence-electron chi connectivity index (χ2n) is 4.91. The summed E-state index contributed by atoms with van der Waals surface area (Å²) in [6.45, 7) is 5.97. The standard InChI is InChI=1S/C14H20N2O/c1-9(2)10-4-5-12-11(6-10)7-16-8-13(12)14(17)15-3/h4-6,9,13,16H,7-8H2,1-3H3,(H,15,17). The Morgan fingerprint density at radius 3 is 2.88 bits per heavy atom. The van der Waals surface area contributed by atoms with Gasteiger partial charge in [0.15, 0.2) is 0 Å². The first-order valence-corrected chi connectivity index (χ1v) is 6.18. The highest BCUT2D eigenvalue weighted by Gasteiger charge is 2.25. The van der Waals surface area contributed by atoms with Crippen LogP contribution in [-0.4, -0.2) is 19.5 Å². The molecule has 2 rings (SSSR count). The van der Waals surface area contributed by atoms with E-state index in [9.17, 15) is 4.79 Å². The van der Waals surface area contributed by atoms with Gasteiger partial charge in [-0.2, -0.15) is 0 Å². The highest BCUT2D eigenvalue weighted by atomic mass is 16.1. The van der Waals surface area contributed by atoms with Gasteiger partial charge in [-0.05, 0) is 22.6 Å². The fourth-order valence-electron chi connectivity index (χ4n) is 2.35. The van der Waals surface area contributed by atoms with E-state index in [0.717, 1.165) is 13.1 Å². The van der Waals surface area contributed by atoms with Crippen LogP contribution in [0.1, 0.15) is 42.4 Å². The molecule has 0 aromatic heterocycles. The van der Waals surface area contributed by atoms with E-state index >= 15 is 0 Å². The van der Waals surface area contributed by atoms with Crippen LogP contribution in [0.2, 0.25) is 0 Å². The minimum absolute atomic E-state index is 0.0510. The molecule has 1 heterocycles. The number of amides is 1. The van der Waals surface area contributed by atoms with Crippen LogP contribution in [0.25, 0.3) is 0 Å². The molecule has 17 heavy (non-hydrogen) atoms. The third-order valence-corrected chi connectivity index (χ3v) is 3.44. The van der Waals surface area contributed by atoms with Crippen LogP contribution < -0.4 is 10.6 Å². The van der Waals surface area contributed by atoms with Crippen molar-refractivity contribution in [2.75, 3.05) is 13.6 Å². The monoisotopic (exact) mass is 232 g/mol. The Hall–Kier alpha value is -1.35. The van der Waals surface area contributed by atoms with Crippen LogP contribution in [0.5, 0.6) is 0 Å². The molecule has 0 aliphatic carbocycles. The van der Waals surface area contributed by atoms with E-state index < -0.39 is 0 Å². The molecule has 0 spiro atoms. The summed E-state index contributed by atoms with van der Waals surface area (Å²) < 4.78 is 0. The second-order valence-corrected chi connectivity index (χ2v) is 4.91. The van der Waals surface area contributed by atoms with Crippen LogP contribution in [0.4, 0.5) is 0 Å². The van der Waals surface area contributed by atoms with Crippen molar-refractivity contribution >= 4 is 5.91 Å². The second kappa shape index (κ2) is 4.88. The minimum Gasteiger partial charge on any atom is -0.359 e. The van der Waals surface area contributed by atoms with Gasteiger partial charge in [0.2, 0.25) is 5.91 Å². The number of carbonyl (C=O) groups is 1. The summed E-state index contributed by atoms with van der Waals surface area (Å²) in [5, 5.41) is 6.05. The average molecular weight is 232 g/mol. The molecule has 2 N–H and O–H groups in total. The third-order valence-electron chi connectivity index (χ3n) is 3.44. The smallest absolute Gasteiger partial charge is 0.228 e. The van der Waals surface area contributed by atoms with Crippen molar-refractivity contribution in [3.05, 3.63) is 34.9 Å². The summed E-state index contributed by atoms with van der Waals surface area (Å²) in [6.07, 6.45) is 0. The van der Waals surface area contributed by atoms with E-state index in [1.807, 2.05) is 0 Å². The molecular formula is C14H20N2O. The molecule has 3 heteroatoms. The van der Waals surface area contributed by atoms with E-state index in [2.05, 4.69) is 42.7 Å². The maximum atomic E-state index is 11.8. The Bertz CT molecular complexity index is 426. The van der Waals surface area contributed by atoms with E-state index in [1.165, 1.54) is 16.7 Å². The molecule has 1 atom stereocenters. The normalized spacial score (nSPS) is 18.9. The van der Waals surface area contributed by atoms with Gasteiger partial charge in [-0.3, -0.25) is 4.79 Å². The maximum Gasteiger partial charge on any atom is 0.228 e. The van der Waals surface area contributed by atoms with Crippen molar-refractivity contribution in [1.82, 2.24) is 10.6 Å². The fourth-order valence-corrected chi connectivity index (χ4v) is 2.35. The maximum absolute atomic E-state index is 11.8. The molecule has 0 saturated carbocycles. The number of benzene rings is 1. The molecule has 1 aromatic rings. The van der Waals surface area contributed by atoms with E-state index in [0.29, 0.717) is 5.92 Å². The van der Waals surface area contributed by atoms with Crippen LogP contribution in [0.15, 0.2) is 18.2 Å². The fraction of sp³-hybridized carbons (Fsp3) is 0.500. The Kier molecular flexibility index (Phi) is 3.48. The zero-order valence-corrected chi connectivity index (χ0v) is 10.7. The van der Waals surface area contributed by atoms with Gasteiger partial charge in [0, 0.05) is 20.1 Å². The quantitative estimate of drug-likeness (QED) is 0.815. The first-order chi connectivity index (χ1) is 8.13. The molecule has 1 unspecified atom stereocenters. The van der Waals surface area contributed by atoms with Gasteiger partial charge in [0.05, 0.1) is 5.92 Å². The molecule has 0 radical (unpaired) electrons. The number of likely N-dealkylation sites (N-methyl/N-ethyl adjacent to an activating group) is 1. The van der Waals surface area contributed by atoms with Crippen LogP contribution >= 0.6 is 0 Å². The molecule has 1 aliphatic rings. The van der Waals surface area contributed by atoms with Crippen LogP contribution in [-0.2, 0) is 11.3 Å². The molecular weight excluding hydrogens is 212 g/mol. The molecule has 1 aliphatic heterocycles. The van der Waals surface area contributed by atoms with Crippen LogP contribution in [0, 0.1) is 0 Å². The van der Waals surface area contributed by atoms with Gasteiger partial charge < -0.3 is 10.6 Å². The lowest BCUT2D eigenvalue weighted by atomic mass is 9.87. The van der Waals surface area contributed by atoms with Gasteiger partial charge in [-0.25, -0.2) is 0 Å². The predicted octanol–water partition coefficient (Wildman–Crippen LogP) is 1.74. The molecule has 0 fully saturated rings. The van der Waals surface area contributed by atoms with Crippen molar-refractivity contribution in [1.29, 1.82) is 0 Å². The minimum atomic E-state index is -0.0510. The SMILES string of the molecule is CNC(=O)C1CNCc2cc(C(C)C)ccc21. The molecule has 1 amide bonds. The number of hydrogen-bond acceptors (Lipinski definition) is 2. The lowest BCUT2D eigenvalue weighted by Crippen LogP contribution is -2.37. The number of nitrogens with one attached hydrogen (secondary N) is 2. The van der Waals surface area contributed by atoms with Crippen molar-refractivity contribution < 1.29 is 4.79 Å². The van der Waals surface area contributed by atoms with Gasteiger partial charge in [0.25, 0.3) is 0 Å². The van der Waals surface area contributed by atoms with Crippen molar-refractivity contribution in [2.45, 2.75) is 32.2 Å². The number of carbonyl (C=O) groups excluding carboxylic acids is 1. The van der Waals surface area contributed by atoms with Crippen molar-refractivity contribution in [2.24, 2.45) is 0 Å². The lowest BCUT2D eigenvalue weighted by Gasteiger charge is -2.26. The predicted molar refractivity (Wildman–Crippen MR) is 69.0 cm³/mol. The highest BCUT2D eigenvalue weighted by molar-refractivity contribution is 5.84.